The summed E-state index contributed by atoms with van der Waals surface area (Å²) >= 11 is 5.00. The van der Waals surface area contributed by atoms with Crippen molar-refractivity contribution < 1.29 is 9.66 Å². The van der Waals surface area contributed by atoms with Crippen molar-refractivity contribution in [2.45, 2.75) is 57.9 Å². The Balaban J connectivity index is 2.23. The predicted octanol–water partition coefficient (Wildman–Crippen LogP) is 4.06. The Hall–Kier alpha value is -0.260. The van der Waals surface area contributed by atoms with E-state index in [1.54, 1.807) is 0 Å². The topological polar surface area (TPSA) is 55.3 Å². The van der Waals surface area contributed by atoms with E-state index in [0.717, 1.165) is 24.3 Å². The van der Waals surface area contributed by atoms with Crippen molar-refractivity contribution >= 4 is 23.0 Å². The van der Waals surface area contributed by atoms with Crippen LogP contribution in [0.2, 0.25) is 5.02 Å². The molecule has 0 aromatic heterocycles. The van der Waals surface area contributed by atoms with E-state index in [9.17, 15) is 9.66 Å². The average molecular weight is 372 g/mol. The first-order chi connectivity index (χ1) is 11.4. The molecule has 1 aromatic rings. The minimum Gasteiger partial charge on any atom is -0.598 e. The lowest BCUT2D eigenvalue weighted by Crippen LogP contribution is -2.55. The van der Waals surface area contributed by atoms with Crippen LogP contribution in [0.15, 0.2) is 24.3 Å². The van der Waals surface area contributed by atoms with Gasteiger partial charge in [0, 0.05) is 28.4 Å². The molecule has 0 heterocycles. The van der Waals surface area contributed by atoms with E-state index in [2.05, 4.69) is 30.7 Å². The summed E-state index contributed by atoms with van der Waals surface area (Å²) in [4.78, 5) is 0. The Morgan fingerprint density at radius 1 is 1.25 bits per heavy atom. The van der Waals surface area contributed by atoms with Gasteiger partial charge in [-0.3, -0.25) is 0 Å². The van der Waals surface area contributed by atoms with Crippen LogP contribution in [-0.4, -0.2) is 28.1 Å². The first-order valence-corrected chi connectivity index (χ1v) is 10.6. The SMILES string of the molecule is CC(C)C[S+]([O-])NC(CC(C)CO)C1(c2ccc(Cl)cc2)CCC1. The fourth-order valence-electron chi connectivity index (χ4n) is 3.55. The number of aliphatic hydroxyl groups is 1. The van der Waals surface area contributed by atoms with Crippen molar-refractivity contribution in [2.75, 3.05) is 12.4 Å². The third kappa shape index (κ3) is 4.89. The lowest BCUT2D eigenvalue weighted by molar-refractivity contribution is 0.144. The molecule has 1 fully saturated rings. The monoisotopic (exact) mass is 371 g/mol. The zero-order valence-corrected chi connectivity index (χ0v) is 16.5. The summed E-state index contributed by atoms with van der Waals surface area (Å²) in [6, 6.07) is 8.19. The second-order valence-electron chi connectivity index (χ2n) is 7.62. The summed E-state index contributed by atoms with van der Waals surface area (Å²) in [6.45, 7) is 6.38. The average Bonchev–Trinajstić information content (AvgIpc) is 2.46. The van der Waals surface area contributed by atoms with E-state index in [1.807, 2.05) is 19.1 Å². The molecule has 5 heteroatoms. The first kappa shape index (κ1) is 20.1. The highest BCUT2D eigenvalue weighted by molar-refractivity contribution is 7.89. The highest BCUT2D eigenvalue weighted by Crippen LogP contribution is 2.48. The predicted molar refractivity (Wildman–Crippen MR) is 103 cm³/mol. The van der Waals surface area contributed by atoms with Gasteiger partial charge < -0.3 is 9.66 Å². The Bertz CT molecular complexity index is 505. The second kappa shape index (κ2) is 8.91. The standard InChI is InChI=1S/C19H30ClNO2S/c1-14(2)13-24(23)21-18(11-15(3)12-22)19(9-4-10-19)16-5-7-17(20)8-6-16/h5-8,14-15,18,21-22H,4,9-13H2,1-3H3. The number of aliphatic hydroxyl groups excluding tert-OH is 1. The van der Waals surface area contributed by atoms with Gasteiger partial charge in [-0.15, -0.1) is 4.72 Å². The molecule has 3 nitrogen and oxygen atoms in total. The van der Waals surface area contributed by atoms with Gasteiger partial charge in [-0.25, -0.2) is 0 Å². The van der Waals surface area contributed by atoms with Crippen LogP contribution >= 0.6 is 11.6 Å². The van der Waals surface area contributed by atoms with E-state index in [1.165, 1.54) is 12.0 Å². The van der Waals surface area contributed by atoms with Gasteiger partial charge in [-0.1, -0.05) is 50.9 Å². The number of nitrogens with one attached hydrogen (secondary N) is 1. The molecular weight excluding hydrogens is 342 g/mol. The Morgan fingerprint density at radius 2 is 1.88 bits per heavy atom. The number of benzene rings is 1. The highest BCUT2D eigenvalue weighted by atomic mass is 35.5. The van der Waals surface area contributed by atoms with Crippen LogP contribution in [0.3, 0.4) is 0 Å². The number of rotatable bonds is 9. The van der Waals surface area contributed by atoms with Gasteiger partial charge in [0.25, 0.3) is 0 Å². The summed E-state index contributed by atoms with van der Waals surface area (Å²) < 4.78 is 15.9. The second-order valence-corrected chi connectivity index (χ2v) is 9.31. The van der Waals surface area contributed by atoms with Gasteiger partial charge >= 0.3 is 0 Å². The van der Waals surface area contributed by atoms with E-state index < -0.39 is 11.4 Å². The maximum Gasteiger partial charge on any atom is 0.127 e. The molecule has 2 N–H and O–H groups in total. The van der Waals surface area contributed by atoms with Crippen LogP contribution in [0.1, 0.15) is 52.0 Å². The molecule has 0 aliphatic heterocycles. The zero-order chi connectivity index (χ0) is 17.7. The van der Waals surface area contributed by atoms with Crippen LogP contribution < -0.4 is 4.72 Å². The smallest absolute Gasteiger partial charge is 0.127 e. The van der Waals surface area contributed by atoms with Crippen molar-refractivity contribution in [1.29, 1.82) is 0 Å². The van der Waals surface area contributed by atoms with Crippen LogP contribution in [0.5, 0.6) is 0 Å². The Labute approximate surface area is 154 Å². The molecule has 24 heavy (non-hydrogen) atoms. The molecule has 1 aromatic carbocycles. The third-order valence-electron chi connectivity index (χ3n) is 5.04. The molecule has 136 valence electrons. The van der Waals surface area contributed by atoms with Gasteiger partial charge in [0.2, 0.25) is 0 Å². The molecular formula is C19H30ClNO2S. The molecule has 3 atom stereocenters. The minimum absolute atomic E-state index is 0.000653. The maximum absolute atomic E-state index is 12.5. The molecule has 0 amide bonds. The van der Waals surface area contributed by atoms with E-state index >= 15 is 0 Å². The molecule has 0 saturated heterocycles. The Kier molecular flexibility index (Phi) is 7.44. The molecule has 1 saturated carbocycles. The van der Waals surface area contributed by atoms with Gasteiger partial charge in [0.15, 0.2) is 0 Å². The summed E-state index contributed by atoms with van der Waals surface area (Å²) in [5.74, 6) is 1.23. The van der Waals surface area contributed by atoms with Gasteiger partial charge in [0.05, 0.1) is 6.04 Å². The molecule has 0 spiro atoms. The summed E-state index contributed by atoms with van der Waals surface area (Å²) in [7, 11) is 0. The number of halogens is 1. The number of hydrogen-bond donors (Lipinski definition) is 2. The van der Waals surface area contributed by atoms with Crippen LogP contribution in [0.25, 0.3) is 0 Å². The van der Waals surface area contributed by atoms with Crippen LogP contribution in [0, 0.1) is 11.8 Å². The molecule has 3 unspecified atom stereocenters. The van der Waals surface area contributed by atoms with Crippen molar-refractivity contribution in [1.82, 2.24) is 4.72 Å². The lowest BCUT2D eigenvalue weighted by atomic mass is 9.59. The van der Waals surface area contributed by atoms with E-state index in [-0.39, 0.29) is 24.0 Å². The first-order valence-electron chi connectivity index (χ1n) is 8.89. The van der Waals surface area contributed by atoms with Crippen molar-refractivity contribution in [3.05, 3.63) is 34.9 Å². The van der Waals surface area contributed by atoms with E-state index in [4.69, 9.17) is 11.6 Å². The fraction of sp³-hybridized carbons (Fsp3) is 0.684. The highest BCUT2D eigenvalue weighted by Gasteiger charge is 2.47. The van der Waals surface area contributed by atoms with Gasteiger partial charge in [-0.2, -0.15) is 0 Å². The van der Waals surface area contributed by atoms with Gasteiger partial charge in [-0.05, 0) is 48.8 Å². The summed E-state index contributed by atoms with van der Waals surface area (Å²) in [5.41, 5.74) is 1.27. The molecule has 2 rings (SSSR count). The van der Waals surface area contributed by atoms with Gasteiger partial charge in [0.1, 0.15) is 5.75 Å². The lowest BCUT2D eigenvalue weighted by Gasteiger charge is -2.48. The molecule has 1 aliphatic rings. The molecule has 0 radical (unpaired) electrons. The normalized spacial score (nSPS) is 20.5. The quantitative estimate of drug-likeness (QED) is 0.643. The van der Waals surface area contributed by atoms with Crippen LogP contribution in [0.4, 0.5) is 0 Å². The zero-order valence-electron chi connectivity index (χ0n) is 14.9. The fourth-order valence-corrected chi connectivity index (χ4v) is 5.02. The van der Waals surface area contributed by atoms with Crippen molar-refractivity contribution in [2.24, 2.45) is 11.8 Å². The number of hydrogen-bond acceptors (Lipinski definition) is 3. The van der Waals surface area contributed by atoms with Crippen LogP contribution in [-0.2, 0) is 16.8 Å². The molecule has 0 bridgehead atoms. The maximum atomic E-state index is 12.5. The van der Waals surface area contributed by atoms with Crippen molar-refractivity contribution in [3.63, 3.8) is 0 Å². The third-order valence-corrected chi connectivity index (χ3v) is 6.81. The van der Waals surface area contributed by atoms with Crippen molar-refractivity contribution in [3.8, 4) is 0 Å². The largest absolute Gasteiger partial charge is 0.598 e. The molecule has 1 aliphatic carbocycles. The minimum atomic E-state index is -1.05. The summed E-state index contributed by atoms with van der Waals surface area (Å²) in [5, 5.41) is 10.2. The van der Waals surface area contributed by atoms with E-state index in [0.29, 0.717) is 11.7 Å². The summed E-state index contributed by atoms with van der Waals surface area (Å²) in [6.07, 6.45) is 4.18. The Morgan fingerprint density at radius 3 is 2.33 bits per heavy atom.